The summed E-state index contributed by atoms with van der Waals surface area (Å²) in [4.78, 5) is 9.70. The highest BCUT2D eigenvalue weighted by atomic mass is 16.1. The average molecular weight is 143 g/mol. The van der Waals surface area contributed by atoms with Crippen LogP contribution in [0.5, 0.6) is 0 Å². The number of nitrogens with one attached hydrogen (secondary N) is 3. The molecule has 0 aromatic heterocycles. The Morgan fingerprint density at radius 3 is 2.00 bits per heavy atom. The first-order chi connectivity index (χ1) is 4.77. The smallest absolute Gasteiger partial charge is 0.216 e. The molecule has 1 heterocycles. The normalized spacial score (nSPS) is 12.2. The van der Waals surface area contributed by atoms with Crippen molar-refractivity contribution in [2.24, 2.45) is 0 Å². The summed E-state index contributed by atoms with van der Waals surface area (Å²) in [5, 5.41) is 8.25. The minimum absolute atomic E-state index is 0.00463. The Balaban J connectivity index is 0.000000162. The molecule has 0 saturated carbocycles. The summed E-state index contributed by atoms with van der Waals surface area (Å²) in [5.41, 5.74) is 0. The molecule has 0 bridgehead atoms. The fourth-order valence-electron chi connectivity index (χ4n) is 0.295. The second kappa shape index (κ2) is 5.94. The Morgan fingerprint density at radius 1 is 1.50 bits per heavy atom. The second-order valence-corrected chi connectivity index (χ2v) is 1.72. The summed E-state index contributed by atoms with van der Waals surface area (Å²) in [6, 6.07) is 0. The summed E-state index contributed by atoms with van der Waals surface area (Å²) in [6.45, 7) is 2.36. The van der Waals surface area contributed by atoms with Crippen LogP contribution < -0.4 is 16.0 Å². The van der Waals surface area contributed by atoms with E-state index in [1.807, 2.05) is 12.4 Å². The van der Waals surface area contributed by atoms with Crippen molar-refractivity contribution in [1.29, 1.82) is 0 Å². The first-order valence-corrected chi connectivity index (χ1v) is 3.07. The monoisotopic (exact) mass is 143 g/mol. The van der Waals surface area contributed by atoms with Gasteiger partial charge in [0.25, 0.3) is 0 Å². The van der Waals surface area contributed by atoms with E-state index >= 15 is 0 Å². The van der Waals surface area contributed by atoms with Crippen molar-refractivity contribution in [1.82, 2.24) is 16.0 Å². The fourth-order valence-corrected chi connectivity index (χ4v) is 0.295. The molecule has 3 N–H and O–H groups in total. The van der Waals surface area contributed by atoms with Gasteiger partial charge in [0.1, 0.15) is 0 Å². The number of hydrogen-bond donors (Lipinski definition) is 3. The zero-order valence-corrected chi connectivity index (χ0v) is 6.27. The van der Waals surface area contributed by atoms with E-state index < -0.39 is 0 Å². The summed E-state index contributed by atoms with van der Waals surface area (Å²) >= 11 is 0. The van der Waals surface area contributed by atoms with Crippen LogP contribution in [0.25, 0.3) is 0 Å². The van der Waals surface area contributed by atoms with Gasteiger partial charge in [-0.3, -0.25) is 4.79 Å². The third kappa shape index (κ3) is 6.81. The van der Waals surface area contributed by atoms with E-state index in [1.165, 1.54) is 6.92 Å². The van der Waals surface area contributed by atoms with E-state index in [4.69, 9.17) is 0 Å². The second-order valence-electron chi connectivity index (χ2n) is 1.72. The van der Waals surface area contributed by atoms with Gasteiger partial charge in [0, 0.05) is 26.4 Å². The van der Waals surface area contributed by atoms with E-state index in [9.17, 15) is 4.79 Å². The molecular weight excluding hydrogens is 130 g/mol. The summed E-state index contributed by atoms with van der Waals surface area (Å²) < 4.78 is 0. The van der Waals surface area contributed by atoms with Gasteiger partial charge in [-0.05, 0) is 0 Å². The molecule has 0 fully saturated rings. The lowest BCUT2D eigenvalue weighted by Crippen LogP contribution is -2.11. The molecule has 0 spiro atoms. The molecule has 0 aromatic rings. The lowest BCUT2D eigenvalue weighted by molar-refractivity contribution is -0.118. The highest BCUT2D eigenvalue weighted by molar-refractivity contribution is 5.72. The van der Waals surface area contributed by atoms with Gasteiger partial charge < -0.3 is 16.0 Å². The number of rotatable bonds is 0. The zero-order valence-electron chi connectivity index (χ0n) is 6.27. The molecule has 4 nitrogen and oxygen atoms in total. The first kappa shape index (κ1) is 8.81. The molecule has 1 aliphatic rings. The van der Waals surface area contributed by atoms with Gasteiger partial charge in [-0.15, -0.1) is 0 Å². The van der Waals surface area contributed by atoms with Crippen LogP contribution in [0.4, 0.5) is 0 Å². The first-order valence-electron chi connectivity index (χ1n) is 3.07. The van der Waals surface area contributed by atoms with E-state index in [2.05, 4.69) is 16.0 Å². The van der Waals surface area contributed by atoms with Crippen molar-refractivity contribution >= 4 is 5.91 Å². The van der Waals surface area contributed by atoms with Crippen molar-refractivity contribution in [3.63, 3.8) is 0 Å². The van der Waals surface area contributed by atoms with Crippen LogP contribution in [0.2, 0.25) is 0 Å². The van der Waals surface area contributed by atoms with E-state index in [1.54, 1.807) is 7.05 Å². The highest BCUT2D eigenvalue weighted by Crippen LogP contribution is 1.65. The number of carbonyl (C=O) groups is 1. The Labute approximate surface area is 60.7 Å². The Morgan fingerprint density at radius 2 is 1.90 bits per heavy atom. The van der Waals surface area contributed by atoms with Crippen molar-refractivity contribution in [2.75, 3.05) is 13.7 Å². The van der Waals surface area contributed by atoms with Crippen LogP contribution in [-0.4, -0.2) is 19.6 Å². The summed E-state index contributed by atoms with van der Waals surface area (Å²) in [6.07, 6.45) is 3.75. The molecule has 58 valence electrons. The quantitative estimate of drug-likeness (QED) is 0.423. The molecule has 0 atom stereocenters. The number of amides is 1. The standard InChI is InChI=1S/C3H6N2.C3H7NO/c1-2-5-3-4-1;1-3(5)4-2/h1-2,4-5H,3H2;1-2H3,(H,4,5). The van der Waals surface area contributed by atoms with Gasteiger partial charge in [0.2, 0.25) is 5.91 Å². The van der Waals surface area contributed by atoms with E-state index in [0.717, 1.165) is 6.67 Å². The third-order valence-electron chi connectivity index (χ3n) is 0.875. The predicted molar refractivity (Wildman–Crippen MR) is 40.0 cm³/mol. The number of carbonyl (C=O) groups excluding carboxylic acids is 1. The maximum atomic E-state index is 9.70. The van der Waals surface area contributed by atoms with Gasteiger partial charge >= 0.3 is 0 Å². The molecule has 0 unspecified atom stereocenters. The molecule has 4 heteroatoms. The van der Waals surface area contributed by atoms with Crippen molar-refractivity contribution < 1.29 is 4.79 Å². The largest absolute Gasteiger partial charge is 0.373 e. The molecule has 0 aromatic carbocycles. The highest BCUT2D eigenvalue weighted by Gasteiger charge is 1.77. The minimum Gasteiger partial charge on any atom is -0.373 e. The maximum Gasteiger partial charge on any atom is 0.216 e. The van der Waals surface area contributed by atoms with Crippen LogP contribution in [0.15, 0.2) is 12.4 Å². The van der Waals surface area contributed by atoms with Crippen molar-refractivity contribution in [3.8, 4) is 0 Å². The lowest BCUT2D eigenvalue weighted by Gasteiger charge is -1.82. The van der Waals surface area contributed by atoms with Gasteiger partial charge in [-0.2, -0.15) is 0 Å². The topological polar surface area (TPSA) is 53.2 Å². The third-order valence-corrected chi connectivity index (χ3v) is 0.875. The van der Waals surface area contributed by atoms with E-state index in [0.29, 0.717) is 0 Å². The molecule has 1 rings (SSSR count). The Hall–Kier alpha value is -1.19. The van der Waals surface area contributed by atoms with Crippen LogP contribution >= 0.6 is 0 Å². The van der Waals surface area contributed by atoms with Crippen LogP contribution in [0, 0.1) is 0 Å². The van der Waals surface area contributed by atoms with Crippen molar-refractivity contribution in [2.45, 2.75) is 6.92 Å². The Kier molecular flexibility index (Phi) is 5.23. The fraction of sp³-hybridized carbons (Fsp3) is 0.500. The molecule has 1 aliphatic heterocycles. The Bertz CT molecular complexity index is 116. The van der Waals surface area contributed by atoms with Crippen LogP contribution in [0.3, 0.4) is 0 Å². The average Bonchev–Trinajstić information content (AvgIpc) is 2.43. The van der Waals surface area contributed by atoms with Gasteiger partial charge in [-0.1, -0.05) is 0 Å². The van der Waals surface area contributed by atoms with Gasteiger partial charge in [0.05, 0.1) is 6.67 Å². The van der Waals surface area contributed by atoms with Crippen molar-refractivity contribution in [3.05, 3.63) is 12.4 Å². The lowest BCUT2D eigenvalue weighted by atomic mass is 10.7. The van der Waals surface area contributed by atoms with E-state index in [-0.39, 0.29) is 5.91 Å². The number of hydrogen-bond acceptors (Lipinski definition) is 3. The SMILES string of the molecule is C1=CNCN1.CNC(C)=O. The molecule has 10 heavy (non-hydrogen) atoms. The molecule has 0 radical (unpaired) electrons. The maximum absolute atomic E-state index is 9.70. The molecule has 0 aliphatic carbocycles. The predicted octanol–water partition coefficient (Wildman–Crippen LogP) is -0.640. The van der Waals surface area contributed by atoms with Gasteiger partial charge in [-0.25, -0.2) is 0 Å². The molecular formula is C6H13N3O. The van der Waals surface area contributed by atoms with Gasteiger partial charge in [0.15, 0.2) is 0 Å². The minimum atomic E-state index is 0.00463. The summed E-state index contributed by atoms with van der Waals surface area (Å²) in [5.74, 6) is 0.00463. The van der Waals surface area contributed by atoms with Crippen LogP contribution in [-0.2, 0) is 4.79 Å². The van der Waals surface area contributed by atoms with Crippen LogP contribution in [0.1, 0.15) is 6.92 Å². The summed E-state index contributed by atoms with van der Waals surface area (Å²) in [7, 11) is 1.60. The zero-order chi connectivity index (χ0) is 7.82. The molecule has 0 saturated heterocycles. The molecule has 1 amide bonds.